The van der Waals surface area contributed by atoms with Gasteiger partial charge < -0.3 is 4.90 Å². The molecule has 7 heteroatoms. The number of aromatic nitrogens is 1. The van der Waals surface area contributed by atoms with Crippen molar-refractivity contribution in [1.29, 1.82) is 0 Å². The molecule has 1 aromatic heterocycles. The van der Waals surface area contributed by atoms with Crippen molar-refractivity contribution in [2.24, 2.45) is 5.41 Å². The Labute approximate surface area is 197 Å². The molecule has 1 N–H and O–H groups in total. The van der Waals surface area contributed by atoms with Crippen LogP contribution in [0.5, 0.6) is 0 Å². The molecule has 0 aliphatic carbocycles. The predicted molar refractivity (Wildman–Crippen MR) is 128 cm³/mol. The number of aryl methyl sites for hydroxylation is 1. The molecule has 3 aromatic rings. The summed E-state index contributed by atoms with van der Waals surface area (Å²) in [6.07, 6.45) is 2.85. The average molecular weight is 455 g/mol. The van der Waals surface area contributed by atoms with Gasteiger partial charge in [-0.15, -0.1) is 0 Å². The topological polar surface area (TPSA) is 82.6 Å². The third-order valence-electron chi connectivity index (χ3n) is 7.52. The summed E-state index contributed by atoms with van der Waals surface area (Å²) >= 11 is 0. The molecule has 7 nitrogen and oxygen atoms in total. The molecule has 3 aliphatic rings. The summed E-state index contributed by atoms with van der Waals surface area (Å²) in [7, 11) is 0. The maximum absolute atomic E-state index is 14.1. The van der Waals surface area contributed by atoms with Gasteiger partial charge in [-0.05, 0) is 55.5 Å². The summed E-state index contributed by atoms with van der Waals surface area (Å²) in [4.78, 5) is 48.8. The Balaban J connectivity index is 1.48. The first-order valence-electron chi connectivity index (χ1n) is 11.9. The Morgan fingerprint density at radius 1 is 1.06 bits per heavy atom. The highest BCUT2D eigenvalue weighted by Gasteiger charge is 2.62. The number of hydrogen-bond donors (Lipinski definition) is 1. The van der Waals surface area contributed by atoms with E-state index in [4.69, 9.17) is 4.98 Å². The number of rotatable bonds is 2. The Kier molecular flexibility index (Phi) is 4.69. The van der Waals surface area contributed by atoms with Gasteiger partial charge in [0.1, 0.15) is 5.82 Å². The lowest BCUT2D eigenvalue weighted by Gasteiger charge is -2.53. The summed E-state index contributed by atoms with van der Waals surface area (Å²) in [6.45, 7) is 2.90. The van der Waals surface area contributed by atoms with Crippen LogP contribution in [0.2, 0.25) is 0 Å². The van der Waals surface area contributed by atoms with E-state index < -0.39 is 23.3 Å². The van der Waals surface area contributed by atoms with Crippen molar-refractivity contribution in [3.63, 3.8) is 0 Å². The van der Waals surface area contributed by atoms with E-state index in [1.165, 1.54) is 4.90 Å². The molecule has 0 bridgehead atoms. The summed E-state index contributed by atoms with van der Waals surface area (Å²) in [5.41, 5.74) is 2.41. The Bertz CT molecular complexity index is 1340. The van der Waals surface area contributed by atoms with Crippen LogP contribution in [0.4, 0.5) is 10.6 Å². The van der Waals surface area contributed by atoms with Crippen LogP contribution in [0.3, 0.4) is 0 Å². The highest BCUT2D eigenvalue weighted by Crippen LogP contribution is 2.47. The number of amides is 4. The number of urea groups is 1. The van der Waals surface area contributed by atoms with Crippen molar-refractivity contribution < 1.29 is 14.4 Å². The molecule has 4 amide bonds. The van der Waals surface area contributed by atoms with E-state index in [-0.39, 0.29) is 19.0 Å². The zero-order valence-corrected chi connectivity index (χ0v) is 19.1. The summed E-state index contributed by atoms with van der Waals surface area (Å²) < 4.78 is 0. The third-order valence-corrected chi connectivity index (χ3v) is 7.52. The summed E-state index contributed by atoms with van der Waals surface area (Å²) in [5.74, 6) is -0.0329. The number of imide groups is 2. The molecular weight excluding hydrogens is 428 g/mol. The van der Waals surface area contributed by atoms with Crippen molar-refractivity contribution in [1.82, 2.24) is 15.2 Å². The lowest BCUT2D eigenvalue weighted by Crippen LogP contribution is -2.72. The minimum atomic E-state index is -1.35. The Morgan fingerprint density at radius 2 is 1.88 bits per heavy atom. The molecule has 172 valence electrons. The van der Waals surface area contributed by atoms with Gasteiger partial charge in [-0.3, -0.25) is 19.8 Å². The Morgan fingerprint density at radius 3 is 2.71 bits per heavy atom. The molecule has 2 aromatic carbocycles. The molecule has 0 radical (unpaired) electrons. The minimum Gasteiger partial charge on any atom is -0.352 e. The second-order valence-corrected chi connectivity index (χ2v) is 9.66. The summed E-state index contributed by atoms with van der Waals surface area (Å²) in [6, 6.07) is 16.6. The van der Waals surface area contributed by atoms with Gasteiger partial charge in [0.25, 0.3) is 0 Å². The zero-order valence-electron chi connectivity index (χ0n) is 19.1. The molecule has 0 saturated carbocycles. The molecule has 2 fully saturated rings. The van der Waals surface area contributed by atoms with E-state index in [9.17, 15) is 14.4 Å². The van der Waals surface area contributed by atoms with Gasteiger partial charge >= 0.3 is 6.03 Å². The number of nitrogens with zero attached hydrogens (tertiary/aromatic N) is 3. The number of carbonyl (C=O) groups is 3. The van der Waals surface area contributed by atoms with Gasteiger partial charge in [0.05, 0.1) is 18.1 Å². The van der Waals surface area contributed by atoms with Gasteiger partial charge in [-0.1, -0.05) is 42.0 Å². The number of hydrogen-bond acceptors (Lipinski definition) is 5. The monoisotopic (exact) mass is 454 g/mol. The number of barbiturate groups is 1. The van der Waals surface area contributed by atoms with Crippen molar-refractivity contribution in [2.75, 3.05) is 11.4 Å². The van der Waals surface area contributed by atoms with E-state index in [1.807, 2.05) is 49.4 Å². The van der Waals surface area contributed by atoms with Crippen LogP contribution in [0, 0.1) is 12.3 Å². The molecular formula is C27H26N4O3. The number of carbonyl (C=O) groups excluding carboxylic acids is 3. The van der Waals surface area contributed by atoms with Crippen LogP contribution in [0.25, 0.3) is 10.9 Å². The highest BCUT2D eigenvalue weighted by molar-refractivity contribution is 6.20. The first-order valence-corrected chi connectivity index (χ1v) is 11.9. The van der Waals surface area contributed by atoms with Crippen molar-refractivity contribution in [2.45, 2.75) is 45.2 Å². The van der Waals surface area contributed by atoms with E-state index in [0.717, 1.165) is 52.8 Å². The third kappa shape index (κ3) is 3.03. The highest BCUT2D eigenvalue weighted by atomic mass is 16.2. The van der Waals surface area contributed by atoms with Gasteiger partial charge in [0.2, 0.25) is 11.8 Å². The lowest BCUT2D eigenvalue weighted by molar-refractivity contribution is -0.154. The predicted octanol–water partition coefficient (Wildman–Crippen LogP) is 3.72. The van der Waals surface area contributed by atoms with Crippen LogP contribution >= 0.6 is 0 Å². The SMILES string of the molecule is Cc1ccc2nc3c(cc2c1)C[C@]1(C(=O)NC(=O)N(Cc2ccccc2)C1=O)[C@H]1CCCCN31. The molecule has 2 atom stereocenters. The smallest absolute Gasteiger partial charge is 0.331 e. The number of nitrogens with one attached hydrogen (secondary N) is 1. The fraction of sp³-hybridized carbons (Fsp3) is 0.333. The maximum atomic E-state index is 14.1. The number of piperidine rings is 1. The van der Waals surface area contributed by atoms with E-state index in [0.29, 0.717) is 6.42 Å². The second-order valence-electron chi connectivity index (χ2n) is 9.66. The summed E-state index contributed by atoms with van der Waals surface area (Å²) in [5, 5.41) is 3.52. The second kappa shape index (κ2) is 7.65. The molecule has 3 aliphatic heterocycles. The van der Waals surface area contributed by atoms with Crippen LogP contribution in [0.15, 0.2) is 54.6 Å². The first-order chi connectivity index (χ1) is 16.5. The van der Waals surface area contributed by atoms with E-state index in [1.54, 1.807) is 0 Å². The number of fused-ring (bicyclic) bond motifs is 5. The van der Waals surface area contributed by atoms with Crippen LogP contribution in [-0.2, 0) is 22.6 Å². The van der Waals surface area contributed by atoms with Crippen molar-refractivity contribution >= 4 is 34.6 Å². The quantitative estimate of drug-likeness (QED) is 0.597. The number of benzene rings is 2. The number of pyridine rings is 1. The van der Waals surface area contributed by atoms with Crippen LogP contribution in [-0.4, -0.2) is 40.3 Å². The first kappa shape index (κ1) is 20.8. The van der Waals surface area contributed by atoms with E-state index in [2.05, 4.69) is 22.3 Å². The molecule has 1 spiro atoms. The molecule has 6 rings (SSSR count). The molecule has 4 heterocycles. The van der Waals surface area contributed by atoms with Gasteiger partial charge in [-0.25, -0.2) is 9.78 Å². The van der Waals surface area contributed by atoms with E-state index >= 15 is 0 Å². The standard InChI is InChI=1S/C27H26N4O3/c1-17-10-11-21-19(13-17)14-20-15-27(22-9-5-6-12-30(22)23(20)28-21)24(32)29-26(34)31(25(27)33)16-18-7-3-2-4-8-18/h2-4,7-8,10-11,13-14,22H,5-6,9,12,15-16H2,1H3,(H,29,32,34)/t22-,27-/m1/s1. The largest absolute Gasteiger partial charge is 0.352 e. The van der Waals surface area contributed by atoms with Crippen molar-refractivity contribution in [3.8, 4) is 0 Å². The van der Waals surface area contributed by atoms with Crippen molar-refractivity contribution in [3.05, 3.63) is 71.3 Å². The van der Waals surface area contributed by atoms with Gasteiger partial charge in [0.15, 0.2) is 5.41 Å². The molecule has 2 saturated heterocycles. The number of anilines is 1. The fourth-order valence-electron chi connectivity index (χ4n) is 5.89. The normalized spacial score (nSPS) is 24.3. The molecule has 34 heavy (non-hydrogen) atoms. The minimum absolute atomic E-state index is 0.134. The lowest BCUT2D eigenvalue weighted by atomic mass is 9.66. The van der Waals surface area contributed by atoms with Gasteiger partial charge in [-0.2, -0.15) is 0 Å². The fourth-order valence-corrected chi connectivity index (χ4v) is 5.89. The van der Waals surface area contributed by atoms with Crippen LogP contribution < -0.4 is 10.2 Å². The maximum Gasteiger partial charge on any atom is 0.331 e. The zero-order chi connectivity index (χ0) is 23.4. The Hall–Kier alpha value is -3.74. The van der Waals surface area contributed by atoms with Gasteiger partial charge in [0, 0.05) is 18.4 Å². The molecule has 0 unspecified atom stereocenters. The van der Waals surface area contributed by atoms with Crippen LogP contribution in [0.1, 0.15) is 36.0 Å². The average Bonchev–Trinajstić information content (AvgIpc) is 2.85.